The highest BCUT2D eigenvalue weighted by molar-refractivity contribution is 8.00. The third kappa shape index (κ3) is 7.39. The molecule has 2 radical (unpaired) electrons. The van der Waals surface area contributed by atoms with E-state index in [1.807, 2.05) is 13.8 Å². The number of rotatable bonds is 14. The van der Waals surface area contributed by atoms with Crippen molar-refractivity contribution in [1.82, 2.24) is 30.4 Å². The number of Topliss-reactive ketones (excluding diaryl/α,β-unsaturated/α-hetero) is 1. The van der Waals surface area contributed by atoms with E-state index in [0.717, 1.165) is 21.4 Å². The highest BCUT2D eigenvalue weighted by atomic mass is 32.2. The number of nitrogens with one attached hydrogen (secondary N) is 2. The van der Waals surface area contributed by atoms with Gasteiger partial charge in [-0.3, -0.25) is 33.6 Å². The number of imide groups is 1. The van der Waals surface area contributed by atoms with E-state index >= 15 is 0 Å². The highest BCUT2D eigenvalue weighted by Gasteiger charge is 2.39. The maximum Gasteiger partial charge on any atom is 0.295 e. The van der Waals surface area contributed by atoms with E-state index in [0.29, 0.717) is 12.1 Å². The Morgan fingerprint density at radius 1 is 1.35 bits per heavy atom. The summed E-state index contributed by atoms with van der Waals surface area (Å²) in [6, 6.07) is -1.87. The van der Waals surface area contributed by atoms with Gasteiger partial charge in [-0.05, 0) is 5.92 Å². The van der Waals surface area contributed by atoms with Crippen LogP contribution in [0.2, 0.25) is 0 Å². The fourth-order valence-corrected chi connectivity index (χ4v) is 4.43. The summed E-state index contributed by atoms with van der Waals surface area (Å²) in [5.74, 6) is -1.59. The number of carbonyl (C=O) groups excluding carboxylic acids is 5. The molecule has 1 aromatic rings. The first-order valence-electron chi connectivity index (χ1n) is 10.9. The van der Waals surface area contributed by atoms with Gasteiger partial charge in [0, 0.05) is 37.6 Å². The van der Waals surface area contributed by atoms with Crippen molar-refractivity contribution in [3.63, 3.8) is 0 Å². The minimum Gasteiger partial charge on any atom is -0.357 e. The molecule has 1 fully saturated rings. The van der Waals surface area contributed by atoms with Crippen molar-refractivity contribution in [1.29, 1.82) is 0 Å². The van der Waals surface area contributed by atoms with Crippen LogP contribution in [-0.2, 0) is 30.4 Å². The maximum atomic E-state index is 13.0. The second-order valence-corrected chi connectivity index (χ2v) is 9.68. The van der Waals surface area contributed by atoms with Gasteiger partial charge in [-0.25, -0.2) is 0 Å². The summed E-state index contributed by atoms with van der Waals surface area (Å²) in [4.78, 5) is 61.7. The van der Waals surface area contributed by atoms with E-state index in [1.165, 1.54) is 6.20 Å². The molecular formula is C20H30BN7O5S. The van der Waals surface area contributed by atoms with E-state index < -0.39 is 23.2 Å². The minimum atomic E-state index is -1.01. The molecule has 1 saturated heterocycles. The lowest BCUT2D eigenvalue weighted by Gasteiger charge is -2.24. The van der Waals surface area contributed by atoms with Crippen molar-refractivity contribution < 1.29 is 24.0 Å². The van der Waals surface area contributed by atoms with Gasteiger partial charge in [0.2, 0.25) is 24.1 Å². The Morgan fingerprint density at radius 3 is 2.65 bits per heavy atom. The summed E-state index contributed by atoms with van der Waals surface area (Å²) in [5, 5.41) is 12.2. The van der Waals surface area contributed by atoms with Crippen molar-refractivity contribution in [3.05, 3.63) is 11.9 Å². The van der Waals surface area contributed by atoms with E-state index in [1.54, 1.807) is 6.92 Å². The second-order valence-electron chi connectivity index (χ2n) is 8.44. The summed E-state index contributed by atoms with van der Waals surface area (Å²) >= 11 is 1.11. The smallest absolute Gasteiger partial charge is 0.295 e. The molecule has 1 aliphatic heterocycles. The molecule has 184 valence electrons. The van der Waals surface area contributed by atoms with Gasteiger partial charge in [-0.15, -0.1) is 11.8 Å². The number of nitrogens with zero attached hydrogens (tertiary/aromatic N) is 4. The number of carbonyl (C=O) groups is 5. The van der Waals surface area contributed by atoms with Crippen LogP contribution in [0.25, 0.3) is 0 Å². The van der Waals surface area contributed by atoms with E-state index in [2.05, 4.69) is 20.8 Å². The van der Waals surface area contributed by atoms with Crippen LogP contribution in [0.4, 0.5) is 0 Å². The van der Waals surface area contributed by atoms with Crippen LogP contribution in [0.1, 0.15) is 32.9 Å². The predicted octanol–water partition coefficient (Wildman–Crippen LogP) is -1.97. The van der Waals surface area contributed by atoms with Gasteiger partial charge in [0.1, 0.15) is 0 Å². The molecule has 0 aliphatic carbocycles. The van der Waals surface area contributed by atoms with Gasteiger partial charge in [-0.1, -0.05) is 20.8 Å². The standard InChI is InChI=1S/C20H30BN7O5S/c1-11(2)12(3)18(31)15(6-13-8-24-28(21)26-13)25-19(32)14(22)9-34-16-7-17(30)27(20(16)33)5-4-23-10-29/h8,10-12,14-16H,4-7,9,22H2,1-3H3,(H,23,29)(H,25,32). The molecule has 4 atom stereocenters. The topological polar surface area (TPSA) is 169 Å². The summed E-state index contributed by atoms with van der Waals surface area (Å²) in [7, 11) is 5.48. The molecule has 14 heteroatoms. The van der Waals surface area contributed by atoms with Crippen molar-refractivity contribution in [3.8, 4) is 0 Å². The minimum absolute atomic E-state index is 0.000685. The van der Waals surface area contributed by atoms with Gasteiger partial charge >= 0.3 is 0 Å². The summed E-state index contributed by atoms with van der Waals surface area (Å²) < 4.78 is 0.880. The molecule has 4 amide bonds. The molecule has 2 heterocycles. The molecule has 1 aromatic heterocycles. The van der Waals surface area contributed by atoms with Crippen molar-refractivity contribution in [2.45, 2.75) is 50.9 Å². The molecule has 4 unspecified atom stereocenters. The normalized spacial score (nSPS) is 18.6. The van der Waals surface area contributed by atoms with Crippen LogP contribution in [0.15, 0.2) is 6.20 Å². The van der Waals surface area contributed by atoms with Crippen LogP contribution in [0.3, 0.4) is 0 Å². The van der Waals surface area contributed by atoms with E-state index in [-0.39, 0.29) is 61.1 Å². The summed E-state index contributed by atoms with van der Waals surface area (Å²) in [5.41, 5.74) is 6.48. The molecule has 0 saturated carbocycles. The lowest BCUT2D eigenvalue weighted by molar-refractivity contribution is -0.138. The first-order chi connectivity index (χ1) is 16.0. The fraction of sp³-hybridized carbons (Fsp3) is 0.650. The molecule has 2 rings (SSSR count). The first kappa shape index (κ1) is 27.5. The van der Waals surface area contributed by atoms with Gasteiger partial charge in [-0.2, -0.15) is 10.2 Å². The van der Waals surface area contributed by atoms with Crippen LogP contribution in [-0.4, -0.2) is 93.9 Å². The lowest BCUT2D eigenvalue weighted by Crippen LogP contribution is -2.52. The quantitative estimate of drug-likeness (QED) is 0.116. The van der Waals surface area contributed by atoms with Gasteiger partial charge < -0.3 is 16.4 Å². The van der Waals surface area contributed by atoms with Crippen LogP contribution < -0.4 is 16.4 Å². The number of ketones is 1. The van der Waals surface area contributed by atoms with Crippen molar-refractivity contribution >= 4 is 49.7 Å². The molecule has 12 nitrogen and oxygen atoms in total. The molecule has 0 spiro atoms. The second kappa shape index (κ2) is 12.7. The molecule has 0 aromatic carbocycles. The van der Waals surface area contributed by atoms with Crippen LogP contribution in [0, 0.1) is 11.8 Å². The monoisotopic (exact) mass is 491 g/mol. The zero-order chi connectivity index (χ0) is 25.4. The highest BCUT2D eigenvalue weighted by Crippen LogP contribution is 2.25. The third-order valence-electron chi connectivity index (χ3n) is 5.66. The average molecular weight is 491 g/mol. The van der Waals surface area contributed by atoms with Gasteiger partial charge in [0.25, 0.3) is 7.98 Å². The number of hydrogen-bond donors (Lipinski definition) is 3. The fourth-order valence-electron chi connectivity index (χ4n) is 3.31. The number of aromatic nitrogens is 3. The Hall–Kier alpha value is -2.74. The van der Waals surface area contributed by atoms with Crippen molar-refractivity contribution in [2.24, 2.45) is 17.6 Å². The van der Waals surface area contributed by atoms with Crippen molar-refractivity contribution in [2.75, 3.05) is 18.8 Å². The summed E-state index contributed by atoms with van der Waals surface area (Å²) in [6.07, 6.45) is 2.02. The number of likely N-dealkylation sites (tertiary alicyclic amines) is 1. The number of hydrogen-bond acceptors (Lipinski definition) is 9. The number of nitrogens with two attached hydrogens (primary N) is 1. The Bertz CT molecular complexity index is 912. The van der Waals surface area contributed by atoms with Gasteiger partial charge in [0.05, 0.1) is 29.2 Å². The van der Waals surface area contributed by atoms with Gasteiger partial charge in [0.15, 0.2) is 5.78 Å². The first-order valence-corrected chi connectivity index (χ1v) is 12.0. The molecular weight excluding hydrogens is 461 g/mol. The largest absolute Gasteiger partial charge is 0.357 e. The predicted molar refractivity (Wildman–Crippen MR) is 125 cm³/mol. The zero-order valence-corrected chi connectivity index (χ0v) is 20.3. The number of thioether (sulfide) groups is 1. The van der Waals surface area contributed by atoms with E-state index in [4.69, 9.17) is 13.7 Å². The SMILES string of the molecule is [B]n1ncc(CC(NC(=O)C(N)CSC2CC(=O)N(CCNC=O)C2=O)C(=O)C(C)C(C)C)n1. The molecule has 34 heavy (non-hydrogen) atoms. The maximum absolute atomic E-state index is 13.0. The lowest BCUT2D eigenvalue weighted by atomic mass is 9.88. The Labute approximate surface area is 203 Å². The molecule has 1 aliphatic rings. The molecule has 0 bridgehead atoms. The number of amides is 4. The summed E-state index contributed by atoms with van der Waals surface area (Å²) in [6.45, 7) is 5.88. The average Bonchev–Trinajstić information content (AvgIpc) is 3.32. The molecule has 4 N–H and O–H groups in total. The van der Waals surface area contributed by atoms with E-state index in [9.17, 15) is 24.0 Å². The zero-order valence-electron chi connectivity index (χ0n) is 19.5. The third-order valence-corrected chi connectivity index (χ3v) is 6.98. The Kier molecular flexibility index (Phi) is 10.2. The van der Waals surface area contributed by atoms with Crippen LogP contribution >= 0.6 is 11.8 Å². The Balaban J connectivity index is 1.96. The van der Waals surface area contributed by atoms with Crippen LogP contribution in [0.5, 0.6) is 0 Å². The Morgan fingerprint density at radius 2 is 2.06 bits per heavy atom.